The van der Waals surface area contributed by atoms with Crippen LogP contribution in [-0.2, 0) is 14.2 Å². The van der Waals surface area contributed by atoms with Crippen molar-refractivity contribution in [3.8, 4) is 0 Å². The highest BCUT2D eigenvalue weighted by atomic mass is 19.1. The molecule has 1 unspecified atom stereocenters. The van der Waals surface area contributed by atoms with Gasteiger partial charge < -0.3 is 14.2 Å². The Morgan fingerprint density at radius 2 is 2.23 bits per heavy atom. The number of ether oxygens (including phenoxy) is 3. The summed E-state index contributed by atoms with van der Waals surface area (Å²) in [5.74, 6) is 0. The minimum absolute atomic E-state index is 0.0631. The van der Waals surface area contributed by atoms with E-state index < -0.39 is 6.17 Å². The highest BCUT2D eigenvalue weighted by molar-refractivity contribution is 4.85. The van der Waals surface area contributed by atoms with Crippen LogP contribution in [0, 0.1) is 0 Å². The number of hydrogen-bond donors (Lipinski definition) is 0. The van der Waals surface area contributed by atoms with Crippen molar-refractivity contribution >= 4 is 0 Å². The molecule has 0 N–H and O–H groups in total. The molecule has 0 radical (unpaired) electrons. The second kappa shape index (κ2) is 6.07. The van der Waals surface area contributed by atoms with E-state index in [1.165, 1.54) is 6.08 Å². The molecular weight excluding hydrogens is 175 g/mol. The van der Waals surface area contributed by atoms with E-state index in [0.29, 0.717) is 19.8 Å². The normalized spacial score (nSPS) is 21.4. The smallest absolute Gasteiger partial charge is 0.181 e. The molecule has 3 nitrogen and oxygen atoms in total. The highest BCUT2D eigenvalue weighted by Gasteiger charge is 2.16. The van der Waals surface area contributed by atoms with Crippen LogP contribution in [0.4, 0.5) is 4.39 Å². The van der Waals surface area contributed by atoms with E-state index in [1.54, 1.807) is 13.0 Å². The van der Waals surface area contributed by atoms with Crippen molar-refractivity contribution in [2.45, 2.75) is 19.4 Å². The summed E-state index contributed by atoms with van der Waals surface area (Å²) >= 11 is 0. The second-order valence-corrected chi connectivity index (χ2v) is 2.75. The van der Waals surface area contributed by atoms with Crippen LogP contribution in [0.5, 0.6) is 0 Å². The molecule has 4 heteroatoms. The lowest BCUT2D eigenvalue weighted by molar-refractivity contribution is -0.0976. The van der Waals surface area contributed by atoms with Crippen molar-refractivity contribution < 1.29 is 18.6 Å². The van der Waals surface area contributed by atoms with Crippen LogP contribution in [0.3, 0.4) is 0 Å². The van der Waals surface area contributed by atoms with Gasteiger partial charge in [0.25, 0.3) is 0 Å². The van der Waals surface area contributed by atoms with E-state index in [1.807, 2.05) is 0 Å². The average Bonchev–Trinajstić information content (AvgIpc) is 2.57. The van der Waals surface area contributed by atoms with E-state index in [0.717, 1.165) is 0 Å². The first kappa shape index (κ1) is 10.6. The molecule has 1 heterocycles. The van der Waals surface area contributed by atoms with Crippen molar-refractivity contribution in [2.24, 2.45) is 0 Å². The molecule has 0 bridgehead atoms. The van der Waals surface area contributed by atoms with Crippen LogP contribution in [0.2, 0.25) is 0 Å². The number of rotatable bonds is 5. The van der Waals surface area contributed by atoms with Crippen molar-refractivity contribution in [3.63, 3.8) is 0 Å². The monoisotopic (exact) mass is 190 g/mol. The standard InChI is InChI=1S/C9H15FO3/c1-2-3-8(10)6-11-7-9-12-4-5-13-9/h2-3,8-9H,4-7H2,1H3/b3-2+. The van der Waals surface area contributed by atoms with Gasteiger partial charge in [0.05, 0.1) is 26.4 Å². The first-order chi connectivity index (χ1) is 6.33. The van der Waals surface area contributed by atoms with Gasteiger partial charge in [0.2, 0.25) is 0 Å². The first-order valence-electron chi connectivity index (χ1n) is 4.40. The maximum absolute atomic E-state index is 12.8. The molecule has 0 aromatic rings. The van der Waals surface area contributed by atoms with Gasteiger partial charge in [0, 0.05) is 0 Å². The molecule has 0 spiro atoms. The van der Waals surface area contributed by atoms with Gasteiger partial charge in [-0.15, -0.1) is 0 Å². The molecule has 76 valence electrons. The zero-order chi connectivity index (χ0) is 9.52. The lowest BCUT2D eigenvalue weighted by atomic mass is 10.4. The van der Waals surface area contributed by atoms with Crippen molar-refractivity contribution in [1.82, 2.24) is 0 Å². The third-order valence-electron chi connectivity index (χ3n) is 1.62. The van der Waals surface area contributed by atoms with Crippen molar-refractivity contribution in [3.05, 3.63) is 12.2 Å². The minimum atomic E-state index is -1.04. The molecule has 1 rings (SSSR count). The molecule has 0 amide bonds. The molecule has 1 fully saturated rings. The number of halogens is 1. The van der Waals surface area contributed by atoms with Crippen LogP contribution in [0.15, 0.2) is 12.2 Å². The third kappa shape index (κ3) is 4.36. The lowest BCUT2D eigenvalue weighted by Gasteiger charge is -2.10. The van der Waals surface area contributed by atoms with Crippen LogP contribution in [-0.4, -0.2) is 38.9 Å². The maximum atomic E-state index is 12.8. The van der Waals surface area contributed by atoms with E-state index in [-0.39, 0.29) is 12.9 Å². The molecular formula is C9H15FO3. The third-order valence-corrected chi connectivity index (χ3v) is 1.62. The van der Waals surface area contributed by atoms with Gasteiger partial charge in [-0.1, -0.05) is 12.2 Å². The number of alkyl halides is 1. The molecule has 13 heavy (non-hydrogen) atoms. The Kier molecular flexibility index (Phi) is 4.97. The summed E-state index contributed by atoms with van der Waals surface area (Å²) < 4.78 is 28.1. The van der Waals surface area contributed by atoms with Crippen LogP contribution in [0.25, 0.3) is 0 Å². The Labute approximate surface area is 77.5 Å². The van der Waals surface area contributed by atoms with Gasteiger partial charge in [0.15, 0.2) is 6.29 Å². The van der Waals surface area contributed by atoms with Gasteiger partial charge in [0.1, 0.15) is 6.17 Å². The summed E-state index contributed by atoms with van der Waals surface area (Å²) in [5, 5.41) is 0. The zero-order valence-corrected chi connectivity index (χ0v) is 7.74. The molecule has 0 aromatic heterocycles. The molecule has 1 aliphatic rings. The summed E-state index contributed by atoms with van der Waals surface area (Å²) in [6, 6.07) is 0. The Bertz CT molecular complexity index is 155. The fraction of sp³-hybridized carbons (Fsp3) is 0.778. The summed E-state index contributed by atoms with van der Waals surface area (Å²) in [6.07, 6.45) is 1.77. The molecule has 0 saturated carbocycles. The Balaban J connectivity index is 1.99. The fourth-order valence-corrected chi connectivity index (χ4v) is 1.04. The predicted molar refractivity (Wildman–Crippen MR) is 46.2 cm³/mol. The topological polar surface area (TPSA) is 27.7 Å². The molecule has 1 atom stereocenters. The van der Waals surface area contributed by atoms with Crippen LogP contribution in [0.1, 0.15) is 6.92 Å². The predicted octanol–water partition coefficient (Wildman–Crippen LogP) is 1.29. The maximum Gasteiger partial charge on any atom is 0.181 e. The summed E-state index contributed by atoms with van der Waals surface area (Å²) in [4.78, 5) is 0. The van der Waals surface area contributed by atoms with Gasteiger partial charge in [-0.3, -0.25) is 0 Å². The van der Waals surface area contributed by atoms with E-state index in [4.69, 9.17) is 14.2 Å². The van der Waals surface area contributed by atoms with Gasteiger partial charge in [-0.05, 0) is 6.92 Å². The summed E-state index contributed by atoms with van der Waals surface area (Å²) in [5.41, 5.74) is 0. The fourth-order valence-electron chi connectivity index (χ4n) is 1.04. The first-order valence-corrected chi connectivity index (χ1v) is 4.40. The molecule has 0 aromatic carbocycles. The number of hydrogen-bond acceptors (Lipinski definition) is 3. The SMILES string of the molecule is C/C=C/C(F)COCC1OCCO1. The average molecular weight is 190 g/mol. The molecule has 0 aliphatic carbocycles. The van der Waals surface area contributed by atoms with E-state index in [2.05, 4.69) is 0 Å². The van der Waals surface area contributed by atoms with Crippen LogP contribution < -0.4 is 0 Å². The quantitative estimate of drug-likeness (QED) is 0.611. The largest absolute Gasteiger partial charge is 0.373 e. The Hall–Kier alpha value is -0.450. The Morgan fingerprint density at radius 1 is 1.54 bits per heavy atom. The second-order valence-electron chi connectivity index (χ2n) is 2.75. The van der Waals surface area contributed by atoms with Crippen molar-refractivity contribution in [1.29, 1.82) is 0 Å². The van der Waals surface area contributed by atoms with Crippen LogP contribution >= 0.6 is 0 Å². The van der Waals surface area contributed by atoms with E-state index in [9.17, 15) is 4.39 Å². The van der Waals surface area contributed by atoms with Gasteiger partial charge in [-0.25, -0.2) is 4.39 Å². The Morgan fingerprint density at radius 3 is 2.85 bits per heavy atom. The van der Waals surface area contributed by atoms with Crippen molar-refractivity contribution in [2.75, 3.05) is 26.4 Å². The highest BCUT2D eigenvalue weighted by Crippen LogP contribution is 2.04. The van der Waals surface area contributed by atoms with Gasteiger partial charge >= 0.3 is 0 Å². The number of allylic oxidation sites excluding steroid dienone is 1. The zero-order valence-electron chi connectivity index (χ0n) is 7.74. The van der Waals surface area contributed by atoms with E-state index >= 15 is 0 Å². The lowest BCUT2D eigenvalue weighted by Crippen LogP contribution is -2.19. The molecule has 1 saturated heterocycles. The van der Waals surface area contributed by atoms with Gasteiger partial charge in [-0.2, -0.15) is 0 Å². The summed E-state index contributed by atoms with van der Waals surface area (Å²) in [6.45, 7) is 3.34. The molecule has 1 aliphatic heterocycles. The summed E-state index contributed by atoms with van der Waals surface area (Å²) in [7, 11) is 0. The minimum Gasteiger partial charge on any atom is -0.373 e.